The zero-order valence-corrected chi connectivity index (χ0v) is 9.39. The van der Waals surface area contributed by atoms with E-state index in [1.807, 2.05) is 0 Å². The van der Waals surface area contributed by atoms with Gasteiger partial charge >= 0.3 is 5.97 Å². The molecule has 0 amide bonds. The minimum absolute atomic E-state index is 0.312. The van der Waals surface area contributed by atoms with E-state index in [0.717, 1.165) is 25.2 Å². The summed E-state index contributed by atoms with van der Waals surface area (Å²) in [6, 6.07) is 3.70. The summed E-state index contributed by atoms with van der Waals surface area (Å²) in [4.78, 5) is 17.4. The van der Waals surface area contributed by atoms with Gasteiger partial charge in [-0.05, 0) is 31.4 Å². The molecule has 0 radical (unpaired) electrons. The fraction of sp³-hybridized carbons (Fsp3) is 0.500. The molecular formula is C12H16N2O2. The number of hydrogen-bond donors (Lipinski definition) is 1. The van der Waals surface area contributed by atoms with E-state index in [1.165, 1.54) is 12.5 Å². The Morgan fingerprint density at radius 3 is 3.19 bits per heavy atom. The van der Waals surface area contributed by atoms with Gasteiger partial charge in [-0.15, -0.1) is 0 Å². The van der Waals surface area contributed by atoms with E-state index in [4.69, 9.17) is 5.11 Å². The number of nitrogens with zero attached hydrogens (tertiary/aromatic N) is 2. The molecule has 1 N–H and O–H groups in total. The SMILES string of the molecule is CC[C@@H]1CCCN1c1cc(C(=O)O)ccn1. The summed E-state index contributed by atoms with van der Waals surface area (Å²) < 4.78 is 0. The first kappa shape index (κ1) is 10.9. The first-order chi connectivity index (χ1) is 7.72. The molecule has 0 bridgehead atoms. The van der Waals surface area contributed by atoms with Gasteiger partial charge in [-0.25, -0.2) is 9.78 Å². The normalized spacial score (nSPS) is 20.1. The second kappa shape index (κ2) is 4.51. The van der Waals surface area contributed by atoms with Gasteiger partial charge in [0.2, 0.25) is 0 Å². The van der Waals surface area contributed by atoms with Crippen LogP contribution in [0.15, 0.2) is 18.3 Å². The molecule has 1 saturated heterocycles. The van der Waals surface area contributed by atoms with Crippen molar-refractivity contribution in [1.29, 1.82) is 0 Å². The standard InChI is InChI=1S/C12H16N2O2/c1-2-10-4-3-7-14(10)11-8-9(12(15)16)5-6-13-11/h5-6,8,10H,2-4,7H2,1H3,(H,15,16)/t10-/m1/s1. The Morgan fingerprint density at radius 1 is 1.69 bits per heavy atom. The topological polar surface area (TPSA) is 53.4 Å². The van der Waals surface area contributed by atoms with Crippen LogP contribution in [0.2, 0.25) is 0 Å². The number of carboxylic acids is 1. The fourth-order valence-corrected chi connectivity index (χ4v) is 2.27. The summed E-state index contributed by atoms with van der Waals surface area (Å²) in [5.41, 5.74) is 0.312. The van der Waals surface area contributed by atoms with Crippen LogP contribution in [-0.2, 0) is 0 Å². The number of anilines is 1. The molecule has 2 heterocycles. The first-order valence-corrected chi connectivity index (χ1v) is 5.68. The van der Waals surface area contributed by atoms with Gasteiger partial charge in [-0.2, -0.15) is 0 Å². The molecule has 2 rings (SSSR count). The number of pyridine rings is 1. The summed E-state index contributed by atoms with van der Waals surface area (Å²) >= 11 is 0. The van der Waals surface area contributed by atoms with Crippen LogP contribution >= 0.6 is 0 Å². The van der Waals surface area contributed by atoms with Crippen molar-refractivity contribution in [3.8, 4) is 0 Å². The van der Waals surface area contributed by atoms with Gasteiger partial charge in [-0.3, -0.25) is 0 Å². The molecule has 0 spiro atoms. The van der Waals surface area contributed by atoms with Crippen LogP contribution in [0.4, 0.5) is 5.82 Å². The van der Waals surface area contributed by atoms with E-state index in [0.29, 0.717) is 11.6 Å². The molecule has 1 atom stereocenters. The molecule has 1 aliphatic heterocycles. The summed E-state index contributed by atoms with van der Waals surface area (Å²) in [6.07, 6.45) is 5.00. The lowest BCUT2D eigenvalue weighted by atomic mass is 10.1. The number of aromatic carboxylic acids is 1. The minimum atomic E-state index is -0.893. The highest BCUT2D eigenvalue weighted by atomic mass is 16.4. The maximum atomic E-state index is 10.9. The number of aromatic nitrogens is 1. The van der Waals surface area contributed by atoms with Crippen LogP contribution in [0.3, 0.4) is 0 Å². The molecule has 0 unspecified atom stereocenters. The van der Waals surface area contributed by atoms with Crippen molar-refractivity contribution >= 4 is 11.8 Å². The van der Waals surface area contributed by atoms with Crippen LogP contribution in [0.25, 0.3) is 0 Å². The van der Waals surface area contributed by atoms with Crippen LogP contribution in [-0.4, -0.2) is 28.6 Å². The predicted molar refractivity (Wildman–Crippen MR) is 61.9 cm³/mol. The van der Waals surface area contributed by atoms with Gasteiger partial charge in [0.25, 0.3) is 0 Å². The highest BCUT2D eigenvalue weighted by Crippen LogP contribution is 2.25. The van der Waals surface area contributed by atoms with Gasteiger partial charge in [0.05, 0.1) is 5.56 Å². The third-order valence-electron chi connectivity index (χ3n) is 3.14. The van der Waals surface area contributed by atoms with Crippen molar-refractivity contribution in [1.82, 2.24) is 4.98 Å². The molecule has 1 aromatic heterocycles. The maximum Gasteiger partial charge on any atom is 0.335 e. The lowest BCUT2D eigenvalue weighted by molar-refractivity contribution is 0.0697. The molecule has 0 saturated carbocycles. The second-order valence-electron chi connectivity index (χ2n) is 4.11. The van der Waals surface area contributed by atoms with E-state index in [-0.39, 0.29) is 0 Å². The molecule has 0 aliphatic carbocycles. The number of carboxylic acid groups (broad SMARTS) is 1. The van der Waals surface area contributed by atoms with Crippen molar-refractivity contribution in [2.75, 3.05) is 11.4 Å². The highest BCUT2D eigenvalue weighted by Gasteiger charge is 2.24. The lowest BCUT2D eigenvalue weighted by Gasteiger charge is -2.24. The quantitative estimate of drug-likeness (QED) is 0.848. The van der Waals surface area contributed by atoms with E-state index >= 15 is 0 Å². The summed E-state index contributed by atoms with van der Waals surface area (Å²) in [5.74, 6) is -0.0971. The molecule has 0 aromatic carbocycles. The van der Waals surface area contributed by atoms with E-state index in [9.17, 15) is 4.79 Å². The molecule has 4 heteroatoms. The molecule has 86 valence electrons. The predicted octanol–water partition coefficient (Wildman–Crippen LogP) is 2.16. The zero-order chi connectivity index (χ0) is 11.5. The number of hydrogen-bond acceptors (Lipinski definition) is 3. The third kappa shape index (κ3) is 2.01. The fourth-order valence-electron chi connectivity index (χ4n) is 2.27. The van der Waals surface area contributed by atoms with E-state index in [2.05, 4.69) is 16.8 Å². The van der Waals surface area contributed by atoms with Crippen molar-refractivity contribution < 1.29 is 9.90 Å². The van der Waals surface area contributed by atoms with Gasteiger partial charge < -0.3 is 10.0 Å². The Labute approximate surface area is 94.9 Å². The van der Waals surface area contributed by atoms with Crippen LogP contribution in [0, 0.1) is 0 Å². The monoisotopic (exact) mass is 220 g/mol. The van der Waals surface area contributed by atoms with Gasteiger partial charge in [0.1, 0.15) is 5.82 Å². The largest absolute Gasteiger partial charge is 0.478 e. The van der Waals surface area contributed by atoms with Gasteiger partial charge in [0, 0.05) is 18.8 Å². The molecule has 4 nitrogen and oxygen atoms in total. The Hall–Kier alpha value is -1.58. The Kier molecular flexibility index (Phi) is 3.08. The minimum Gasteiger partial charge on any atom is -0.478 e. The van der Waals surface area contributed by atoms with Crippen molar-refractivity contribution in [2.24, 2.45) is 0 Å². The Balaban J connectivity index is 2.26. The smallest absolute Gasteiger partial charge is 0.335 e. The Bertz CT molecular complexity index is 392. The summed E-state index contributed by atoms with van der Waals surface area (Å²) in [7, 11) is 0. The Morgan fingerprint density at radius 2 is 2.50 bits per heavy atom. The summed E-state index contributed by atoms with van der Waals surface area (Å²) in [5, 5.41) is 8.93. The van der Waals surface area contributed by atoms with Crippen molar-refractivity contribution in [3.63, 3.8) is 0 Å². The molecule has 1 fully saturated rings. The van der Waals surface area contributed by atoms with Crippen molar-refractivity contribution in [2.45, 2.75) is 32.2 Å². The molecule has 1 aromatic rings. The molecule has 16 heavy (non-hydrogen) atoms. The van der Waals surface area contributed by atoms with Gasteiger partial charge in [-0.1, -0.05) is 6.92 Å². The van der Waals surface area contributed by atoms with E-state index < -0.39 is 5.97 Å². The van der Waals surface area contributed by atoms with E-state index in [1.54, 1.807) is 12.3 Å². The molecule has 1 aliphatic rings. The maximum absolute atomic E-state index is 10.9. The number of carbonyl (C=O) groups is 1. The average Bonchev–Trinajstić information content (AvgIpc) is 2.77. The lowest BCUT2D eigenvalue weighted by Crippen LogP contribution is -2.29. The van der Waals surface area contributed by atoms with Crippen LogP contribution in [0.1, 0.15) is 36.5 Å². The average molecular weight is 220 g/mol. The van der Waals surface area contributed by atoms with Crippen LogP contribution < -0.4 is 4.90 Å². The van der Waals surface area contributed by atoms with Gasteiger partial charge in [0.15, 0.2) is 0 Å². The molecular weight excluding hydrogens is 204 g/mol. The number of rotatable bonds is 3. The third-order valence-corrected chi connectivity index (χ3v) is 3.14. The highest BCUT2D eigenvalue weighted by molar-refractivity contribution is 5.88. The summed E-state index contributed by atoms with van der Waals surface area (Å²) in [6.45, 7) is 3.14. The van der Waals surface area contributed by atoms with Crippen LogP contribution in [0.5, 0.6) is 0 Å². The first-order valence-electron chi connectivity index (χ1n) is 5.68. The van der Waals surface area contributed by atoms with Crippen molar-refractivity contribution in [3.05, 3.63) is 23.9 Å². The zero-order valence-electron chi connectivity index (χ0n) is 9.39. The second-order valence-corrected chi connectivity index (χ2v) is 4.11.